The maximum atomic E-state index is 13.9. The summed E-state index contributed by atoms with van der Waals surface area (Å²) in [5, 5.41) is 12.5. The molecule has 6 heteroatoms. The van der Waals surface area contributed by atoms with Gasteiger partial charge < -0.3 is 9.84 Å². The third kappa shape index (κ3) is 4.09. The molecule has 2 bridgehead atoms. The van der Waals surface area contributed by atoms with E-state index in [-0.39, 0.29) is 24.3 Å². The Balaban J connectivity index is 0.00000245. The number of benzene rings is 2. The molecule has 32 heavy (non-hydrogen) atoms. The number of ether oxygens (including phenoxy) is 1. The standard InChI is InChI=1S/C26H29FN2O2.ClH/c1-3-16-15-29-10-9-17(16)12-25(29)26(30)22-14-24(18-5-4-6-19(27)11-18)28-23-8-7-20(31-2)13-21(22)23;/h4-8,11,13-14,16-17,25-26,30H,3,9-10,12,15H2,1-2H3;1H/t16-,17-,25?,26+;/m0./s1. The van der Waals surface area contributed by atoms with Crippen LogP contribution in [0.15, 0.2) is 48.5 Å². The molecular weight excluding hydrogens is 427 g/mol. The normalized spacial score (nSPS) is 25.4. The van der Waals surface area contributed by atoms with E-state index in [1.165, 1.54) is 25.0 Å². The number of aliphatic hydroxyl groups is 1. The highest BCUT2D eigenvalue weighted by molar-refractivity contribution is 5.87. The largest absolute Gasteiger partial charge is 0.497 e. The lowest BCUT2D eigenvalue weighted by atomic mass is 9.72. The van der Waals surface area contributed by atoms with Gasteiger partial charge in [0.05, 0.1) is 24.4 Å². The van der Waals surface area contributed by atoms with Gasteiger partial charge in [0, 0.05) is 23.5 Å². The fourth-order valence-corrected chi connectivity index (χ4v) is 5.58. The second-order valence-electron chi connectivity index (χ2n) is 8.95. The maximum Gasteiger partial charge on any atom is 0.123 e. The van der Waals surface area contributed by atoms with Crippen LogP contribution in [-0.2, 0) is 0 Å². The molecule has 0 saturated carbocycles. The minimum Gasteiger partial charge on any atom is -0.497 e. The van der Waals surface area contributed by atoms with Crippen LogP contribution < -0.4 is 4.74 Å². The van der Waals surface area contributed by atoms with Crippen LogP contribution >= 0.6 is 12.4 Å². The molecule has 0 aliphatic carbocycles. The summed E-state index contributed by atoms with van der Waals surface area (Å²) >= 11 is 0. The van der Waals surface area contributed by atoms with Gasteiger partial charge in [-0.05, 0) is 73.2 Å². The number of rotatable bonds is 5. The van der Waals surface area contributed by atoms with Crippen molar-refractivity contribution in [3.8, 4) is 17.0 Å². The number of methoxy groups -OCH3 is 1. The van der Waals surface area contributed by atoms with Crippen molar-refractivity contribution in [1.82, 2.24) is 9.88 Å². The second kappa shape index (κ2) is 9.34. The second-order valence-corrected chi connectivity index (χ2v) is 8.95. The molecule has 6 rings (SSSR count). The predicted octanol–water partition coefficient (Wildman–Crippen LogP) is 5.63. The topological polar surface area (TPSA) is 45.6 Å². The minimum absolute atomic E-state index is 0. The number of fused-ring (bicyclic) bond motifs is 4. The molecule has 3 saturated heterocycles. The Bertz CT molecular complexity index is 1110. The molecule has 2 unspecified atom stereocenters. The molecule has 4 nitrogen and oxygen atoms in total. The van der Waals surface area contributed by atoms with Gasteiger partial charge in [-0.25, -0.2) is 9.37 Å². The number of hydrogen-bond donors (Lipinski definition) is 1. The molecule has 0 radical (unpaired) electrons. The first-order chi connectivity index (χ1) is 15.1. The number of nitrogens with zero attached hydrogens (tertiary/aromatic N) is 2. The van der Waals surface area contributed by atoms with E-state index in [9.17, 15) is 9.50 Å². The van der Waals surface area contributed by atoms with E-state index >= 15 is 0 Å². The van der Waals surface area contributed by atoms with Crippen molar-refractivity contribution in [3.05, 3.63) is 59.9 Å². The molecule has 3 aromatic rings. The summed E-state index contributed by atoms with van der Waals surface area (Å²) in [5.74, 6) is 1.85. The van der Waals surface area contributed by atoms with Crippen LogP contribution in [0.2, 0.25) is 0 Å². The van der Waals surface area contributed by atoms with E-state index < -0.39 is 6.10 Å². The van der Waals surface area contributed by atoms with E-state index in [1.807, 2.05) is 30.3 Å². The van der Waals surface area contributed by atoms with Gasteiger partial charge in [-0.3, -0.25) is 4.90 Å². The molecular formula is C26H30ClFN2O2. The van der Waals surface area contributed by atoms with Crippen LogP contribution in [0.1, 0.15) is 37.9 Å². The lowest BCUT2D eigenvalue weighted by molar-refractivity contribution is -0.0562. The summed E-state index contributed by atoms with van der Waals surface area (Å²) < 4.78 is 19.3. The molecule has 0 spiro atoms. The monoisotopic (exact) mass is 456 g/mol. The van der Waals surface area contributed by atoms with Crippen LogP contribution in [0.4, 0.5) is 4.39 Å². The highest BCUT2D eigenvalue weighted by atomic mass is 35.5. The maximum absolute atomic E-state index is 13.9. The Morgan fingerprint density at radius 2 is 2.06 bits per heavy atom. The Morgan fingerprint density at radius 1 is 1.22 bits per heavy atom. The molecule has 4 heterocycles. The zero-order chi connectivity index (χ0) is 21.5. The van der Waals surface area contributed by atoms with Crippen molar-refractivity contribution in [2.45, 2.75) is 38.3 Å². The zero-order valence-corrected chi connectivity index (χ0v) is 19.3. The molecule has 3 aliphatic rings. The van der Waals surface area contributed by atoms with E-state index in [4.69, 9.17) is 9.72 Å². The number of halogens is 2. The van der Waals surface area contributed by atoms with Gasteiger partial charge in [-0.1, -0.05) is 25.5 Å². The number of pyridine rings is 1. The fraction of sp³-hybridized carbons (Fsp3) is 0.423. The van der Waals surface area contributed by atoms with Crippen LogP contribution in [0.5, 0.6) is 5.75 Å². The number of piperidine rings is 3. The summed E-state index contributed by atoms with van der Waals surface area (Å²) in [4.78, 5) is 7.24. The molecule has 3 fully saturated rings. The Kier molecular flexibility index (Phi) is 6.70. The first kappa shape index (κ1) is 23.0. The number of aromatic nitrogens is 1. The molecule has 5 atom stereocenters. The lowest BCUT2D eigenvalue weighted by Crippen LogP contribution is -2.55. The van der Waals surface area contributed by atoms with Crippen molar-refractivity contribution in [3.63, 3.8) is 0 Å². The number of hydrogen-bond acceptors (Lipinski definition) is 4. The van der Waals surface area contributed by atoms with Crippen molar-refractivity contribution in [2.75, 3.05) is 20.2 Å². The van der Waals surface area contributed by atoms with Gasteiger partial charge in [-0.15, -0.1) is 12.4 Å². The SMILES string of the molecule is CC[C@H]1CN2CC[C@H]1CC2[C@H](O)c1cc(-c2cccc(F)c2)nc2ccc(OC)cc12.Cl. The average Bonchev–Trinajstić information content (AvgIpc) is 2.82. The average molecular weight is 457 g/mol. The Labute approximate surface area is 194 Å². The summed E-state index contributed by atoms with van der Waals surface area (Å²) in [6.07, 6.45) is 2.80. The van der Waals surface area contributed by atoms with Gasteiger partial charge in [0.25, 0.3) is 0 Å². The minimum atomic E-state index is -0.634. The fourth-order valence-electron chi connectivity index (χ4n) is 5.58. The van der Waals surface area contributed by atoms with Crippen LogP contribution in [0.25, 0.3) is 22.2 Å². The molecule has 3 aliphatic heterocycles. The summed E-state index contributed by atoms with van der Waals surface area (Å²) in [6, 6.07) is 14.2. The highest BCUT2D eigenvalue weighted by Gasteiger charge is 2.42. The molecule has 170 valence electrons. The van der Waals surface area contributed by atoms with Gasteiger partial charge in [0.2, 0.25) is 0 Å². The summed E-state index contributed by atoms with van der Waals surface area (Å²) in [6.45, 7) is 4.38. The molecule has 2 aromatic carbocycles. The van der Waals surface area contributed by atoms with E-state index in [1.54, 1.807) is 13.2 Å². The first-order valence-electron chi connectivity index (χ1n) is 11.2. The molecule has 0 amide bonds. The van der Waals surface area contributed by atoms with Crippen LogP contribution in [0.3, 0.4) is 0 Å². The van der Waals surface area contributed by atoms with Gasteiger partial charge >= 0.3 is 0 Å². The lowest BCUT2D eigenvalue weighted by Gasteiger charge is -2.51. The van der Waals surface area contributed by atoms with Crippen molar-refractivity contribution in [2.24, 2.45) is 11.8 Å². The van der Waals surface area contributed by atoms with E-state index in [0.29, 0.717) is 17.2 Å². The quantitative estimate of drug-likeness (QED) is 0.540. The Morgan fingerprint density at radius 3 is 2.75 bits per heavy atom. The van der Waals surface area contributed by atoms with E-state index in [2.05, 4.69) is 11.8 Å². The van der Waals surface area contributed by atoms with E-state index in [0.717, 1.165) is 47.6 Å². The van der Waals surface area contributed by atoms with Crippen molar-refractivity contribution >= 4 is 23.3 Å². The highest BCUT2D eigenvalue weighted by Crippen LogP contribution is 2.43. The van der Waals surface area contributed by atoms with Crippen molar-refractivity contribution in [1.29, 1.82) is 0 Å². The van der Waals surface area contributed by atoms with Crippen LogP contribution in [0, 0.1) is 17.7 Å². The first-order valence-corrected chi connectivity index (χ1v) is 11.2. The predicted molar refractivity (Wildman–Crippen MR) is 128 cm³/mol. The molecule has 1 N–H and O–H groups in total. The van der Waals surface area contributed by atoms with Gasteiger partial charge in [0.15, 0.2) is 0 Å². The number of aliphatic hydroxyl groups excluding tert-OH is 1. The van der Waals surface area contributed by atoms with Gasteiger partial charge in [0.1, 0.15) is 11.6 Å². The Hall–Kier alpha value is -2.21. The third-order valence-corrected chi connectivity index (χ3v) is 7.31. The third-order valence-electron chi connectivity index (χ3n) is 7.31. The summed E-state index contributed by atoms with van der Waals surface area (Å²) in [7, 11) is 1.64. The zero-order valence-electron chi connectivity index (χ0n) is 18.5. The summed E-state index contributed by atoms with van der Waals surface area (Å²) in [5.41, 5.74) is 3.00. The van der Waals surface area contributed by atoms with Crippen molar-refractivity contribution < 1.29 is 14.2 Å². The smallest absolute Gasteiger partial charge is 0.123 e. The van der Waals surface area contributed by atoms with Crippen LogP contribution in [-0.4, -0.2) is 41.2 Å². The van der Waals surface area contributed by atoms with Gasteiger partial charge in [-0.2, -0.15) is 0 Å². The molecule has 1 aromatic heterocycles.